The number of nitrogens with zero attached hydrogens (tertiary/aromatic N) is 2. The maximum absolute atomic E-state index is 12.3. The molecule has 0 aliphatic carbocycles. The second-order valence-corrected chi connectivity index (χ2v) is 6.21. The molecule has 1 aromatic carbocycles. The number of hydrogen-bond acceptors (Lipinski definition) is 3. The second-order valence-electron chi connectivity index (χ2n) is 6.21. The Morgan fingerprint density at radius 2 is 1.87 bits per heavy atom. The first-order chi connectivity index (χ1) is 11.2. The third-order valence-corrected chi connectivity index (χ3v) is 4.23. The van der Waals surface area contributed by atoms with Gasteiger partial charge in [-0.2, -0.15) is 0 Å². The standard InChI is InChI=1S/C19H23N3O/c1-15-9-10-20-18(13-15)21-19(23)17-7-5-16(6-8-17)14-22-11-3-2-4-12-22/h5-10,13H,2-4,11-12,14H2,1H3,(H,20,21,23). The van der Waals surface area contributed by atoms with Gasteiger partial charge in [0.25, 0.3) is 5.91 Å². The first kappa shape index (κ1) is 15.7. The number of aryl methyl sites for hydroxylation is 1. The fraction of sp³-hybridized carbons (Fsp3) is 0.368. The van der Waals surface area contributed by atoms with Gasteiger partial charge in [0.15, 0.2) is 0 Å². The number of carbonyl (C=O) groups is 1. The number of anilines is 1. The molecule has 1 saturated heterocycles. The van der Waals surface area contributed by atoms with E-state index in [2.05, 4.69) is 15.2 Å². The molecule has 120 valence electrons. The third-order valence-electron chi connectivity index (χ3n) is 4.23. The quantitative estimate of drug-likeness (QED) is 0.938. The lowest BCUT2D eigenvalue weighted by Crippen LogP contribution is -2.29. The van der Waals surface area contributed by atoms with Crippen LogP contribution in [0.5, 0.6) is 0 Å². The lowest BCUT2D eigenvalue weighted by Gasteiger charge is -2.26. The number of rotatable bonds is 4. The molecule has 3 rings (SSSR count). The predicted octanol–water partition coefficient (Wildman–Crippen LogP) is 3.63. The van der Waals surface area contributed by atoms with Gasteiger partial charge in [-0.25, -0.2) is 4.98 Å². The zero-order valence-electron chi connectivity index (χ0n) is 13.6. The Morgan fingerprint density at radius 3 is 2.57 bits per heavy atom. The maximum atomic E-state index is 12.3. The Kier molecular flexibility index (Phi) is 5.03. The van der Waals surface area contributed by atoms with E-state index < -0.39 is 0 Å². The van der Waals surface area contributed by atoms with Crippen molar-refractivity contribution in [2.75, 3.05) is 18.4 Å². The number of nitrogens with one attached hydrogen (secondary N) is 1. The van der Waals surface area contributed by atoms with Crippen molar-refractivity contribution in [3.8, 4) is 0 Å². The second kappa shape index (κ2) is 7.38. The Labute approximate surface area is 137 Å². The molecule has 1 fully saturated rings. The Morgan fingerprint density at radius 1 is 1.13 bits per heavy atom. The van der Waals surface area contributed by atoms with E-state index in [0.717, 1.165) is 12.1 Å². The normalized spacial score (nSPS) is 15.3. The molecule has 1 aliphatic rings. The maximum Gasteiger partial charge on any atom is 0.256 e. The average molecular weight is 309 g/mol. The minimum Gasteiger partial charge on any atom is -0.307 e. The fourth-order valence-corrected chi connectivity index (χ4v) is 2.93. The van der Waals surface area contributed by atoms with E-state index in [4.69, 9.17) is 0 Å². The molecule has 2 aromatic rings. The Bertz CT molecular complexity index is 661. The van der Waals surface area contributed by atoms with E-state index in [1.165, 1.54) is 37.9 Å². The SMILES string of the molecule is Cc1ccnc(NC(=O)c2ccc(CN3CCCCC3)cc2)c1. The lowest BCUT2D eigenvalue weighted by molar-refractivity contribution is 0.102. The monoisotopic (exact) mass is 309 g/mol. The van der Waals surface area contributed by atoms with Gasteiger partial charge in [0, 0.05) is 18.3 Å². The molecule has 0 spiro atoms. The Hall–Kier alpha value is -2.20. The van der Waals surface area contributed by atoms with Gasteiger partial charge in [-0.15, -0.1) is 0 Å². The highest BCUT2D eigenvalue weighted by molar-refractivity contribution is 6.03. The number of benzene rings is 1. The van der Waals surface area contributed by atoms with Crippen molar-refractivity contribution >= 4 is 11.7 Å². The van der Waals surface area contributed by atoms with Gasteiger partial charge in [0.05, 0.1) is 0 Å². The summed E-state index contributed by atoms with van der Waals surface area (Å²) in [6.45, 7) is 5.32. The van der Waals surface area contributed by atoms with Crippen molar-refractivity contribution in [1.29, 1.82) is 0 Å². The van der Waals surface area contributed by atoms with E-state index in [1.54, 1.807) is 6.20 Å². The van der Waals surface area contributed by atoms with Crippen LogP contribution < -0.4 is 5.32 Å². The van der Waals surface area contributed by atoms with Crippen LogP contribution in [0.15, 0.2) is 42.6 Å². The summed E-state index contributed by atoms with van der Waals surface area (Å²) in [6, 6.07) is 11.7. The summed E-state index contributed by atoms with van der Waals surface area (Å²) in [5, 5.41) is 2.84. The minimum absolute atomic E-state index is 0.118. The molecule has 0 radical (unpaired) electrons. The van der Waals surface area contributed by atoms with Crippen LogP contribution in [0.1, 0.15) is 40.7 Å². The molecular weight excluding hydrogens is 286 g/mol. The van der Waals surface area contributed by atoms with Crippen molar-refractivity contribution < 1.29 is 4.79 Å². The zero-order chi connectivity index (χ0) is 16.1. The molecule has 2 heterocycles. The molecule has 1 N–H and O–H groups in total. The van der Waals surface area contributed by atoms with Crippen LogP contribution in [-0.2, 0) is 6.54 Å². The molecule has 1 amide bonds. The fourth-order valence-electron chi connectivity index (χ4n) is 2.93. The number of aromatic nitrogens is 1. The van der Waals surface area contributed by atoms with Crippen LogP contribution in [0.25, 0.3) is 0 Å². The molecule has 1 aromatic heterocycles. The smallest absolute Gasteiger partial charge is 0.256 e. The first-order valence-electron chi connectivity index (χ1n) is 8.26. The van der Waals surface area contributed by atoms with E-state index >= 15 is 0 Å². The van der Waals surface area contributed by atoms with Gasteiger partial charge in [-0.3, -0.25) is 9.69 Å². The largest absolute Gasteiger partial charge is 0.307 e. The number of amides is 1. The molecule has 23 heavy (non-hydrogen) atoms. The van der Waals surface area contributed by atoms with Crippen LogP contribution >= 0.6 is 0 Å². The van der Waals surface area contributed by atoms with Gasteiger partial charge < -0.3 is 5.32 Å². The number of piperidine rings is 1. The van der Waals surface area contributed by atoms with E-state index in [1.807, 2.05) is 43.3 Å². The summed E-state index contributed by atoms with van der Waals surface area (Å²) in [7, 11) is 0. The Balaban J connectivity index is 1.60. The van der Waals surface area contributed by atoms with Gasteiger partial charge in [0.2, 0.25) is 0 Å². The predicted molar refractivity (Wildman–Crippen MR) is 92.5 cm³/mol. The zero-order valence-corrected chi connectivity index (χ0v) is 13.6. The van der Waals surface area contributed by atoms with Crippen LogP contribution in [0.3, 0.4) is 0 Å². The first-order valence-corrected chi connectivity index (χ1v) is 8.26. The summed E-state index contributed by atoms with van der Waals surface area (Å²) in [5.41, 5.74) is 3.00. The number of pyridine rings is 1. The molecule has 0 bridgehead atoms. The summed E-state index contributed by atoms with van der Waals surface area (Å²) in [4.78, 5) is 18.9. The average Bonchev–Trinajstić information content (AvgIpc) is 2.56. The number of hydrogen-bond donors (Lipinski definition) is 1. The minimum atomic E-state index is -0.118. The molecule has 1 aliphatic heterocycles. The highest BCUT2D eigenvalue weighted by atomic mass is 16.1. The van der Waals surface area contributed by atoms with Gasteiger partial charge >= 0.3 is 0 Å². The molecule has 4 heteroatoms. The molecule has 4 nitrogen and oxygen atoms in total. The number of carbonyl (C=O) groups excluding carboxylic acids is 1. The van der Waals surface area contributed by atoms with Crippen molar-refractivity contribution in [2.45, 2.75) is 32.7 Å². The topological polar surface area (TPSA) is 45.2 Å². The summed E-state index contributed by atoms with van der Waals surface area (Å²) in [6.07, 6.45) is 5.64. The molecule has 0 saturated carbocycles. The van der Waals surface area contributed by atoms with Crippen molar-refractivity contribution in [3.05, 3.63) is 59.3 Å². The molecular formula is C19H23N3O. The van der Waals surface area contributed by atoms with Crippen LogP contribution in [0, 0.1) is 6.92 Å². The van der Waals surface area contributed by atoms with Gasteiger partial charge in [-0.1, -0.05) is 18.6 Å². The summed E-state index contributed by atoms with van der Waals surface area (Å²) in [5.74, 6) is 0.472. The van der Waals surface area contributed by atoms with E-state index in [9.17, 15) is 4.79 Å². The third kappa shape index (κ3) is 4.39. The summed E-state index contributed by atoms with van der Waals surface area (Å²) >= 11 is 0. The highest BCUT2D eigenvalue weighted by Crippen LogP contribution is 2.14. The summed E-state index contributed by atoms with van der Waals surface area (Å²) < 4.78 is 0. The molecule has 0 atom stereocenters. The van der Waals surface area contributed by atoms with E-state index in [0.29, 0.717) is 11.4 Å². The van der Waals surface area contributed by atoms with Crippen LogP contribution in [0.2, 0.25) is 0 Å². The highest BCUT2D eigenvalue weighted by Gasteiger charge is 2.11. The van der Waals surface area contributed by atoms with Crippen molar-refractivity contribution in [1.82, 2.24) is 9.88 Å². The lowest BCUT2D eigenvalue weighted by atomic mass is 10.1. The number of likely N-dealkylation sites (tertiary alicyclic amines) is 1. The van der Waals surface area contributed by atoms with Crippen molar-refractivity contribution in [3.63, 3.8) is 0 Å². The van der Waals surface area contributed by atoms with Crippen LogP contribution in [0.4, 0.5) is 5.82 Å². The van der Waals surface area contributed by atoms with Gasteiger partial charge in [-0.05, 0) is 68.2 Å². The van der Waals surface area contributed by atoms with Crippen molar-refractivity contribution in [2.24, 2.45) is 0 Å². The van der Waals surface area contributed by atoms with E-state index in [-0.39, 0.29) is 5.91 Å². The van der Waals surface area contributed by atoms with Gasteiger partial charge in [0.1, 0.15) is 5.82 Å². The molecule has 0 unspecified atom stereocenters. The van der Waals surface area contributed by atoms with Crippen LogP contribution in [-0.4, -0.2) is 28.9 Å².